The number of benzene rings is 1. The van der Waals surface area contributed by atoms with Gasteiger partial charge in [0.2, 0.25) is 5.16 Å². The van der Waals surface area contributed by atoms with Crippen molar-refractivity contribution in [3.63, 3.8) is 0 Å². The standard InChI is InChI=1S/C24H28Cl2N10OS/c1-14(2)21-27-4-5-35(21)22-23(29-18-11-16(26)15(25)10-17(18)28-22)38-24-30-31-32-36(24)20-13-37-12-19(20)34-8-6-33(3)7-9-34/h4-5,10-11,14,19-20H,6-9,12-13H2,1-3H3. The van der Waals surface area contributed by atoms with Crippen molar-refractivity contribution in [3.8, 4) is 5.82 Å². The first kappa shape index (κ1) is 25.9. The molecule has 2 unspecified atom stereocenters. The molecule has 6 rings (SSSR count). The smallest absolute Gasteiger partial charge is 0.216 e. The van der Waals surface area contributed by atoms with Crippen molar-refractivity contribution in [1.29, 1.82) is 0 Å². The van der Waals surface area contributed by atoms with E-state index in [0.29, 0.717) is 50.3 Å². The third-order valence-corrected chi connectivity index (χ3v) is 8.70. The monoisotopic (exact) mass is 574 g/mol. The molecular formula is C24H28Cl2N10OS. The van der Waals surface area contributed by atoms with Gasteiger partial charge in [0, 0.05) is 44.5 Å². The Bertz CT molecular complexity index is 1450. The van der Waals surface area contributed by atoms with Gasteiger partial charge in [-0.25, -0.2) is 19.6 Å². The largest absolute Gasteiger partial charge is 0.377 e. The number of hydrogen-bond donors (Lipinski definition) is 0. The molecule has 4 aromatic rings. The van der Waals surface area contributed by atoms with E-state index < -0.39 is 0 Å². The van der Waals surface area contributed by atoms with Gasteiger partial charge in [-0.1, -0.05) is 37.0 Å². The molecular weight excluding hydrogens is 547 g/mol. The summed E-state index contributed by atoms with van der Waals surface area (Å²) in [5.74, 6) is 1.69. The summed E-state index contributed by atoms with van der Waals surface area (Å²) < 4.78 is 9.77. The molecule has 2 atom stereocenters. The molecule has 2 aliphatic rings. The average molecular weight is 576 g/mol. The first-order valence-electron chi connectivity index (χ1n) is 12.6. The first-order chi connectivity index (χ1) is 18.4. The SMILES string of the molecule is CC(C)c1nccn1-c1nc2cc(Cl)c(Cl)cc2nc1Sc1nnnn1C1COCC1N1CCN(C)CC1. The van der Waals surface area contributed by atoms with Gasteiger partial charge in [0.15, 0.2) is 5.82 Å². The predicted molar refractivity (Wildman–Crippen MR) is 145 cm³/mol. The highest BCUT2D eigenvalue weighted by molar-refractivity contribution is 7.99. The average Bonchev–Trinajstić information content (AvgIpc) is 3.66. The molecule has 1 aromatic carbocycles. The summed E-state index contributed by atoms with van der Waals surface area (Å²) in [6, 6.07) is 3.67. The van der Waals surface area contributed by atoms with E-state index in [0.717, 1.165) is 32.0 Å². The summed E-state index contributed by atoms with van der Waals surface area (Å²) in [4.78, 5) is 19.3. The van der Waals surface area contributed by atoms with Crippen LogP contribution in [0.3, 0.4) is 0 Å². The van der Waals surface area contributed by atoms with Crippen LogP contribution in [0.2, 0.25) is 10.0 Å². The van der Waals surface area contributed by atoms with Gasteiger partial charge in [0.05, 0.1) is 46.4 Å². The van der Waals surface area contributed by atoms with Crippen molar-refractivity contribution >= 4 is 46.0 Å². The quantitative estimate of drug-likeness (QED) is 0.339. The number of ether oxygens (including phenoxy) is 1. The molecule has 0 radical (unpaired) electrons. The Kier molecular flexibility index (Phi) is 7.27. The summed E-state index contributed by atoms with van der Waals surface area (Å²) in [6.45, 7) is 9.45. The zero-order chi connectivity index (χ0) is 26.4. The fourth-order valence-corrected chi connectivity index (χ4v) is 6.20. The maximum absolute atomic E-state index is 6.32. The van der Waals surface area contributed by atoms with Gasteiger partial charge >= 0.3 is 0 Å². The second kappa shape index (κ2) is 10.7. The first-order valence-corrected chi connectivity index (χ1v) is 14.1. The van der Waals surface area contributed by atoms with E-state index in [9.17, 15) is 0 Å². The third-order valence-electron chi connectivity index (χ3n) is 7.06. The van der Waals surface area contributed by atoms with E-state index in [1.807, 2.05) is 15.4 Å². The Morgan fingerprint density at radius 3 is 2.45 bits per heavy atom. The zero-order valence-corrected chi connectivity index (χ0v) is 23.7. The van der Waals surface area contributed by atoms with E-state index in [4.69, 9.17) is 37.9 Å². The number of imidazole rings is 1. The second-order valence-electron chi connectivity index (χ2n) is 9.94. The Morgan fingerprint density at radius 1 is 1.00 bits per heavy atom. The lowest BCUT2D eigenvalue weighted by Crippen LogP contribution is -2.51. The van der Waals surface area contributed by atoms with Crippen LogP contribution in [0.15, 0.2) is 34.7 Å². The minimum atomic E-state index is 0.000456. The van der Waals surface area contributed by atoms with Gasteiger partial charge in [0.25, 0.3) is 0 Å². The molecule has 0 bridgehead atoms. The molecule has 2 fully saturated rings. The molecule has 0 amide bonds. The molecule has 200 valence electrons. The normalized spacial score (nSPS) is 21.2. The fraction of sp³-hybridized carbons (Fsp3) is 0.500. The lowest BCUT2D eigenvalue weighted by molar-refractivity contribution is 0.0862. The molecule has 0 N–H and O–H groups in total. The van der Waals surface area contributed by atoms with Crippen molar-refractivity contribution in [2.45, 2.75) is 42.0 Å². The Balaban J connectivity index is 1.39. The molecule has 14 heteroatoms. The van der Waals surface area contributed by atoms with Crippen molar-refractivity contribution in [1.82, 2.24) is 49.5 Å². The van der Waals surface area contributed by atoms with Crippen molar-refractivity contribution in [2.75, 3.05) is 46.4 Å². The van der Waals surface area contributed by atoms with Gasteiger partial charge in [-0.2, -0.15) is 0 Å². The van der Waals surface area contributed by atoms with Gasteiger partial charge in [-0.05, 0) is 41.4 Å². The Morgan fingerprint density at radius 2 is 1.71 bits per heavy atom. The molecule has 11 nitrogen and oxygen atoms in total. The van der Waals surface area contributed by atoms with Crippen LogP contribution in [0.1, 0.15) is 31.6 Å². The number of aromatic nitrogens is 8. The molecule has 38 heavy (non-hydrogen) atoms. The lowest BCUT2D eigenvalue weighted by atomic mass is 10.1. The number of likely N-dealkylation sites (N-methyl/N-ethyl adjacent to an activating group) is 1. The molecule has 3 aromatic heterocycles. The van der Waals surface area contributed by atoms with Crippen LogP contribution in [0.5, 0.6) is 0 Å². The van der Waals surface area contributed by atoms with Crippen LogP contribution in [0.4, 0.5) is 0 Å². The van der Waals surface area contributed by atoms with E-state index >= 15 is 0 Å². The maximum atomic E-state index is 6.32. The van der Waals surface area contributed by atoms with Crippen LogP contribution >= 0.6 is 35.0 Å². The van der Waals surface area contributed by atoms with Crippen molar-refractivity contribution < 1.29 is 4.74 Å². The number of hydrogen-bond acceptors (Lipinski definition) is 10. The van der Waals surface area contributed by atoms with Gasteiger partial charge in [0.1, 0.15) is 10.9 Å². The molecule has 5 heterocycles. The molecule has 2 aliphatic heterocycles. The Labute approximate surface area is 234 Å². The topological polar surface area (TPSA) is 103 Å². The minimum Gasteiger partial charge on any atom is -0.377 e. The number of nitrogens with zero attached hydrogens (tertiary/aromatic N) is 10. The molecule has 0 spiro atoms. The molecule has 0 saturated carbocycles. The van der Waals surface area contributed by atoms with Crippen LogP contribution in [-0.2, 0) is 4.74 Å². The predicted octanol–water partition coefficient (Wildman–Crippen LogP) is 3.57. The lowest BCUT2D eigenvalue weighted by Gasteiger charge is -2.37. The Hall–Kier alpha value is -2.35. The number of rotatable bonds is 6. The van der Waals surface area contributed by atoms with Gasteiger partial charge in [-0.3, -0.25) is 9.47 Å². The summed E-state index contributed by atoms with van der Waals surface area (Å²) in [7, 11) is 2.16. The van der Waals surface area contributed by atoms with E-state index in [2.05, 4.69) is 51.2 Å². The third kappa shape index (κ3) is 4.89. The van der Waals surface area contributed by atoms with Crippen LogP contribution in [0, 0.1) is 0 Å². The number of fused-ring (bicyclic) bond motifs is 1. The highest BCUT2D eigenvalue weighted by atomic mass is 35.5. The summed E-state index contributed by atoms with van der Waals surface area (Å²) in [5, 5.41) is 14.9. The second-order valence-corrected chi connectivity index (χ2v) is 11.7. The highest BCUT2D eigenvalue weighted by Gasteiger charge is 2.38. The summed E-state index contributed by atoms with van der Waals surface area (Å²) in [6.07, 6.45) is 3.66. The molecule has 2 saturated heterocycles. The van der Waals surface area contributed by atoms with E-state index in [-0.39, 0.29) is 18.0 Å². The minimum absolute atomic E-state index is 0.000456. The van der Waals surface area contributed by atoms with Crippen LogP contribution in [0.25, 0.3) is 16.9 Å². The van der Waals surface area contributed by atoms with Crippen LogP contribution in [-0.4, -0.2) is 102 Å². The van der Waals surface area contributed by atoms with E-state index in [1.54, 1.807) is 18.3 Å². The number of tetrazole rings is 1. The maximum Gasteiger partial charge on any atom is 0.216 e. The van der Waals surface area contributed by atoms with Gasteiger partial charge in [-0.15, -0.1) is 5.10 Å². The van der Waals surface area contributed by atoms with Gasteiger partial charge < -0.3 is 9.64 Å². The number of halogens is 2. The summed E-state index contributed by atoms with van der Waals surface area (Å²) in [5.41, 5.74) is 1.27. The fourth-order valence-electron chi connectivity index (χ4n) is 4.99. The van der Waals surface area contributed by atoms with Crippen molar-refractivity contribution in [3.05, 3.63) is 40.4 Å². The highest BCUT2D eigenvalue weighted by Crippen LogP contribution is 2.36. The summed E-state index contributed by atoms with van der Waals surface area (Å²) >= 11 is 14.0. The molecule has 0 aliphatic carbocycles. The van der Waals surface area contributed by atoms with Crippen LogP contribution < -0.4 is 0 Å². The zero-order valence-electron chi connectivity index (χ0n) is 21.3. The number of piperazine rings is 1. The van der Waals surface area contributed by atoms with Crippen molar-refractivity contribution in [2.24, 2.45) is 0 Å². The van der Waals surface area contributed by atoms with E-state index in [1.165, 1.54) is 11.8 Å².